The molecule has 0 bridgehead atoms. The summed E-state index contributed by atoms with van der Waals surface area (Å²) in [6.07, 6.45) is 2.05. The topological polar surface area (TPSA) is 49.8 Å². The van der Waals surface area contributed by atoms with E-state index in [0.717, 1.165) is 5.57 Å². The van der Waals surface area contributed by atoms with E-state index in [9.17, 15) is 9.18 Å². The molecule has 1 aliphatic rings. The zero-order valence-corrected chi connectivity index (χ0v) is 13.2. The van der Waals surface area contributed by atoms with Crippen LogP contribution in [0, 0.1) is 5.82 Å². The van der Waals surface area contributed by atoms with Crippen molar-refractivity contribution in [3.05, 3.63) is 41.2 Å². The second-order valence-corrected chi connectivity index (χ2v) is 6.34. The van der Waals surface area contributed by atoms with E-state index in [2.05, 4.69) is 0 Å². The van der Waals surface area contributed by atoms with Crippen LogP contribution in [-0.2, 0) is 11.3 Å². The summed E-state index contributed by atoms with van der Waals surface area (Å²) in [6.45, 7) is 6.04. The van der Waals surface area contributed by atoms with Crippen LogP contribution < -0.4 is 0 Å². The molecule has 0 aliphatic carbocycles. The van der Waals surface area contributed by atoms with Gasteiger partial charge in [-0.1, -0.05) is 24.3 Å². The molecule has 0 unspecified atom stereocenters. The van der Waals surface area contributed by atoms with E-state index in [4.69, 9.17) is 9.84 Å². The predicted octanol–water partition coefficient (Wildman–Crippen LogP) is 3.34. The monoisotopic (exact) mass is 307 g/mol. The number of aliphatic hydroxyl groups excluding tert-OH is 1. The molecule has 1 heterocycles. The van der Waals surface area contributed by atoms with Crippen molar-refractivity contribution < 1.29 is 19.0 Å². The number of benzene rings is 1. The maximum absolute atomic E-state index is 14.2. The van der Waals surface area contributed by atoms with Gasteiger partial charge in [-0.25, -0.2) is 9.18 Å². The average molecular weight is 307 g/mol. The highest BCUT2D eigenvalue weighted by Gasteiger charge is 2.24. The Labute approximate surface area is 130 Å². The highest BCUT2D eigenvalue weighted by Crippen LogP contribution is 2.27. The number of hydrogen-bond donors (Lipinski definition) is 1. The van der Waals surface area contributed by atoms with Crippen LogP contribution in [0.25, 0.3) is 5.57 Å². The number of amides is 1. The number of halogens is 1. The van der Waals surface area contributed by atoms with Crippen molar-refractivity contribution in [1.82, 2.24) is 4.90 Å². The molecule has 1 N–H and O–H groups in total. The maximum atomic E-state index is 14.2. The van der Waals surface area contributed by atoms with Gasteiger partial charge in [-0.3, -0.25) is 0 Å². The van der Waals surface area contributed by atoms with Crippen LogP contribution in [-0.4, -0.2) is 34.8 Å². The van der Waals surface area contributed by atoms with Crippen molar-refractivity contribution in [1.29, 1.82) is 0 Å². The first kappa shape index (κ1) is 16.5. The van der Waals surface area contributed by atoms with Gasteiger partial charge >= 0.3 is 6.09 Å². The summed E-state index contributed by atoms with van der Waals surface area (Å²) in [5.41, 5.74) is 1.11. The first-order chi connectivity index (χ1) is 10.3. The van der Waals surface area contributed by atoms with Crippen LogP contribution in [0.4, 0.5) is 9.18 Å². The lowest BCUT2D eigenvalue weighted by atomic mass is 9.97. The summed E-state index contributed by atoms with van der Waals surface area (Å²) in [5, 5.41) is 9.14. The Kier molecular flexibility index (Phi) is 4.86. The van der Waals surface area contributed by atoms with Gasteiger partial charge in [0, 0.05) is 24.2 Å². The van der Waals surface area contributed by atoms with Gasteiger partial charge in [-0.2, -0.15) is 0 Å². The van der Waals surface area contributed by atoms with Gasteiger partial charge in [-0.15, -0.1) is 0 Å². The van der Waals surface area contributed by atoms with Gasteiger partial charge in [0.1, 0.15) is 11.4 Å². The lowest BCUT2D eigenvalue weighted by Gasteiger charge is -2.29. The van der Waals surface area contributed by atoms with Crippen molar-refractivity contribution in [2.24, 2.45) is 0 Å². The Morgan fingerprint density at radius 1 is 1.41 bits per heavy atom. The van der Waals surface area contributed by atoms with Gasteiger partial charge in [-0.05, 0) is 32.8 Å². The van der Waals surface area contributed by atoms with Gasteiger partial charge in [0.05, 0.1) is 6.61 Å². The first-order valence-electron chi connectivity index (χ1n) is 7.37. The first-order valence-corrected chi connectivity index (χ1v) is 7.37. The third kappa shape index (κ3) is 3.85. The number of nitrogens with zero attached hydrogens (tertiary/aromatic N) is 1. The van der Waals surface area contributed by atoms with E-state index < -0.39 is 5.60 Å². The van der Waals surface area contributed by atoms with Crippen LogP contribution in [0.3, 0.4) is 0 Å². The van der Waals surface area contributed by atoms with Crippen molar-refractivity contribution in [3.8, 4) is 0 Å². The van der Waals surface area contributed by atoms with Crippen molar-refractivity contribution in [2.45, 2.75) is 39.4 Å². The number of hydrogen-bond acceptors (Lipinski definition) is 3. The Morgan fingerprint density at radius 3 is 2.68 bits per heavy atom. The minimum Gasteiger partial charge on any atom is -0.444 e. The molecule has 0 radical (unpaired) electrons. The predicted molar refractivity (Wildman–Crippen MR) is 82.7 cm³/mol. The molecule has 0 saturated carbocycles. The lowest BCUT2D eigenvalue weighted by molar-refractivity contribution is 0.0270. The fourth-order valence-electron chi connectivity index (χ4n) is 2.36. The molecule has 0 saturated heterocycles. The molecular formula is C17H22FNO3. The minimum atomic E-state index is -0.525. The molecule has 5 heteroatoms. The Hall–Kier alpha value is -1.88. The molecule has 1 amide bonds. The third-order valence-corrected chi connectivity index (χ3v) is 3.46. The highest BCUT2D eigenvalue weighted by molar-refractivity contribution is 5.73. The molecule has 1 aromatic rings. The van der Waals surface area contributed by atoms with Gasteiger partial charge in [0.2, 0.25) is 0 Å². The van der Waals surface area contributed by atoms with Gasteiger partial charge in [0.15, 0.2) is 0 Å². The second-order valence-electron chi connectivity index (χ2n) is 6.34. The Morgan fingerprint density at radius 2 is 2.14 bits per heavy atom. The van der Waals surface area contributed by atoms with E-state index in [1.165, 1.54) is 0 Å². The SMILES string of the molecule is CC(C)(C)OC(=O)N1CC=C(c2cccc(CO)c2F)CC1. The number of rotatable bonds is 2. The van der Waals surface area contributed by atoms with Crippen LogP contribution >= 0.6 is 0 Å². The van der Waals surface area contributed by atoms with E-state index in [1.807, 2.05) is 26.8 Å². The fourth-order valence-corrected chi connectivity index (χ4v) is 2.36. The summed E-state index contributed by atoms with van der Waals surface area (Å²) in [5.74, 6) is -0.387. The summed E-state index contributed by atoms with van der Waals surface area (Å²) >= 11 is 0. The normalized spacial score (nSPS) is 15.5. The largest absolute Gasteiger partial charge is 0.444 e. The Bertz CT molecular complexity index is 590. The van der Waals surface area contributed by atoms with Crippen LogP contribution in [0.1, 0.15) is 38.3 Å². The maximum Gasteiger partial charge on any atom is 0.410 e. The summed E-state index contributed by atoms with van der Waals surface area (Å²) in [6, 6.07) is 4.99. The van der Waals surface area contributed by atoms with Crippen molar-refractivity contribution >= 4 is 11.7 Å². The molecule has 2 rings (SSSR count). The fraction of sp³-hybridized carbons (Fsp3) is 0.471. The van der Waals surface area contributed by atoms with E-state index in [0.29, 0.717) is 25.1 Å². The summed E-state index contributed by atoms with van der Waals surface area (Å²) in [4.78, 5) is 13.6. The zero-order valence-electron chi connectivity index (χ0n) is 13.2. The number of carbonyl (C=O) groups is 1. The van der Waals surface area contributed by atoms with Crippen LogP contribution in [0.5, 0.6) is 0 Å². The van der Waals surface area contributed by atoms with Gasteiger partial charge in [0.25, 0.3) is 0 Å². The molecule has 0 atom stereocenters. The minimum absolute atomic E-state index is 0.285. The number of ether oxygens (including phenoxy) is 1. The zero-order chi connectivity index (χ0) is 16.3. The number of aliphatic hydroxyl groups is 1. The molecule has 0 aromatic heterocycles. The smallest absolute Gasteiger partial charge is 0.410 e. The standard InChI is InChI=1S/C17H22FNO3/c1-17(2,3)22-16(21)19-9-7-12(8-10-19)14-6-4-5-13(11-20)15(14)18/h4-7,20H,8-11H2,1-3H3. The van der Waals surface area contributed by atoms with Gasteiger partial charge < -0.3 is 14.7 Å². The molecule has 1 aromatic carbocycles. The molecule has 22 heavy (non-hydrogen) atoms. The highest BCUT2D eigenvalue weighted by atomic mass is 19.1. The quantitative estimate of drug-likeness (QED) is 0.911. The third-order valence-electron chi connectivity index (χ3n) is 3.46. The van der Waals surface area contributed by atoms with E-state index in [1.54, 1.807) is 23.1 Å². The molecular weight excluding hydrogens is 285 g/mol. The summed E-state index contributed by atoms with van der Waals surface area (Å²) < 4.78 is 19.6. The van der Waals surface area contributed by atoms with Crippen molar-refractivity contribution in [2.75, 3.05) is 13.1 Å². The molecule has 1 aliphatic heterocycles. The molecule has 4 nitrogen and oxygen atoms in total. The summed E-state index contributed by atoms with van der Waals surface area (Å²) in [7, 11) is 0. The molecule has 120 valence electrons. The lowest BCUT2D eigenvalue weighted by Crippen LogP contribution is -2.39. The molecule has 0 fully saturated rings. The van der Waals surface area contributed by atoms with E-state index in [-0.39, 0.29) is 24.1 Å². The van der Waals surface area contributed by atoms with Crippen LogP contribution in [0.15, 0.2) is 24.3 Å². The second kappa shape index (κ2) is 6.48. The average Bonchev–Trinajstić information content (AvgIpc) is 2.46. The van der Waals surface area contributed by atoms with E-state index >= 15 is 0 Å². The van der Waals surface area contributed by atoms with Crippen molar-refractivity contribution in [3.63, 3.8) is 0 Å². The van der Waals surface area contributed by atoms with Crippen LogP contribution in [0.2, 0.25) is 0 Å². The molecule has 0 spiro atoms. The number of carbonyl (C=O) groups excluding carboxylic acids is 1. The Balaban J connectivity index is 2.11.